The third-order valence-corrected chi connectivity index (χ3v) is 6.06. The molecule has 7 heteroatoms. The van der Waals surface area contributed by atoms with E-state index in [-0.39, 0.29) is 5.91 Å². The van der Waals surface area contributed by atoms with Crippen LogP contribution in [-0.2, 0) is 10.5 Å². The van der Waals surface area contributed by atoms with Crippen molar-refractivity contribution in [2.45, 2.75) is 24.8 Å². The molecular weight excluding hydrogens is 388 g/mol. The molecule has 0 saturated carbocycles. The van der Waals surface area contributed by atoms with Gasteiger partial charge in [-0.1, -0.05) is 53.4 Å². The molecule has 5 nitrogen and oxygen atoms in total. The first-order valence-electron chi connectivity index (χ1n) is 8.77. The number of carbonyl (C=O) groups is 1. The highest BCUT2D eigenvalue weighted by Gasteiger charge is 2.09. The van der Waals surface area contributed by atoms with Crippen molar-refractivity contribution >= 4 is 44.4 Å². The molecular formula is C21H18N4OS2. The first-order valence-corrected chi connectivity index (χ1v) is 10.6. The maximum atomic E-state index is 11.2. The molecule has 2 aromatic heterocycles. The number of benzene rings is 2. The Hall–Kier alpha value is -2.77. The molecule has 28 heavy (non-hydrogen) atoms. The van der Waals surface area contributed by atoms with Gasteiger partial charge < -0.3 is 5.32 Å². The summed E-state index contributed by atoms with van der Waals surface area (Å²) in [5.74, 6) is 0.717. The van der Waals surface area contributed by atoms with Crippen molar-refractivity contribution in [1.29, 1.82) is 0 Å². The minimum absolute atomic E-state index is 0.120. The fraction of sp³-hybridized carbons (Fsp3) is 0.143. The van der Waals surface area contributed by atoms with Crippen LogP contribution in [0.1, 0.15) is 18.1 Å². The molecule has 0 bridgehead atoms. The number of amides is 1. The van der Waals surface area contributed by atoms with Gasteiger partial charge >= 0.3 is 0 Å². The van der Waals surface area contributed by atoms with Crippen LogP contribution in [0.15, 0.2) is 59.9 Å². The number of carbonyl (C=O) groups excluding carboxylic acids is 1. The van der Waals surface area contributed by atoms with E-state index in [2.05, 4.69) is 46.5 Å². The number of hydrogen-bond donors (Lipinski definition) is 1. The summed E-state index contributed by atoms with van der Waals surface area (Å²) in [6.45, 7) is 3.60. The lowest BCUT2D eigenvalue weighted by Crippen LogP contribution is -2.04. The Bertz CT molecular complexity index is 1160. The van der Waals surface area contributed by atoms with E-state index in [9.17, 15) is 4.79 Å². The molecule has 4 aromatic rings. The number of anilines is 1. The molecule has 0 unspecified atom stereocenters. The van der Waals surface area contributed by atoms with Crippen LogP contribution in [0.2, 0.25) is 0 Å². The van der Waals surface area contributed by atoms with Gasteiger partial charge in [0.15, 0.2) is 10.3 Å². The molecule has 0 radical (unpaired) electrons. The van der Waals surface area contributed by atoms with Gasteiger partial charge in [0.05, 0.1) is 15.9 Å². The minimum atomic E-state index is -0.120. The Labute approximate surface area is 171 Å². The van der Waals surface area contributed by atoms with E-state index in [0.29, 0.717) is 5.13 Å². The standard InChI is InChI=1S/C21H18N4OS2/c1-13-5-3-4-6-16(13)12-27-20-22-10-9-17(24-20)15-7-8-18-19(11-15)28-21(25-18)23-14(2)26/h3-11H,12H2,1-2H3,(H,23,25,26). The van der Waals surface area contributed by atoms with Crippen molar-refractivity contribution in [2.24, 2.45) is 0 Å². The number of fused-ring (bicyclic) bond motifs is 1. The third-order valence-electron chi connectivity index (χ3n) is 4.22. The van der Waals surface area contributed by atoms with E-state index in [1.807, 2.05) is 24.3 Å². The number of nitrogens with one attached hydrogen (secondary N) is 1. The van der Waals surface area contributed by atoms with Crippen molar-refractivity contribution < 1.29 is 4.79 Å². The predicted molar refractivity (Wildman–Crippen MR) is 116 cm³/mol. The summed E-state index contributed by atoms with van der Waals surface area (Å²) in [6.07, 6.45) is 1.79. The van der Waals surface area contributed by atoms with Crippen molar-refractivity contribution in [2.75, 3.05) is 5.32 Å². The van der Waals surface area contributed by atoms with Gasteiger partial charge in [-0.2, -0.15) is 0 Å². The molecule has 2 heterocycles. The van der Waals surface area contributed by atoms with Crippen LogP contribution in [0.3, 0.4) is 0 Å². The number of thioether (sulfide) groups is 1. The SMILES string of the molecule is CC(=O)Nc1nc2ccc(-c3ccnc(SCc4ccccc4C)n3)cc2s1. The summed E-state index contributed by atoms with van der Waals surface area (Å²) in [6, 6.07) is 16.3. The molecule has 2 aromatic carbocycles. The van der Waals surface area contributed by atoms with Crippen LogP contribution in [-0.4, -0.2) is 20.9 Å². The molecule has 1 amide bonds. The number of aromatic nitrogens is 3. The molecule has 0 aliphatic carbocycles. The number of thiazole rings is 1. The Morgan fingerprint density at radius 2 is 2.00 bits per heavy atom. The first kappa shape index (κ1) is 18.6. The predicted octanol–water partition coefficient (Wildman–Crippen LogP) is 5.31. The molecule has 140 valence electrons. The van der Waals surface area contributed by atoms with Crippen LogP contribution in [0.25, 0.3) is 21.5 Å². The molecule has 0 fully saturated rings. The van der Waals surface area contributed by atoms with E-state index in [1.54, 1.807) is 18.0 Å². The molecule has 0 atom stereocenters. The second-order valence-electron chi connectivity index (χ2n) is 6.32. The fourth-order valence-corrected chi connectivity index (χ4v) is 4.63. The number of aryl methyl sites for hydroxylation is 1. The van der Waals surface area contributed by atoms with Crippen molar-refractivity contribution in [1.82, 2.24) is 15.0 Å². The lowest BCUT2D eigenvalue weighted by atomic mass is 10.1. The van der Waals surface area contributed by atoms with Crippen LogP contribution >= 0.6 is 23.1 Å². The zero-order chi connectivity index (χ0) is 19.5. The van der Waals surface area contributed by atoms with Gasteiger partial charge in [-0.3, -0.25) is 4.79 Å². The molecule has 0 aliphatic rings. The molecule has 4 rings (SSSR count). The highest BCUT2D eigenvalue weighted by Crippen LogP contribution is 2.30. The second-order valence-corrected chi connectivity index (χ2v) is 8.30. The van der Waals surface area contributed by atoms with Gasteiger partial charge in [-0.25, -0.2) is 15.0 Å². The smallest absolute Gasteiger partial charge is 0.223 e. The summed E-state index contributed by atoms with van der Waals surface area (Å²) >= 11 is 3.09. The lowest BCUT2D eigenvalue weighted by molar-refractivity contribution is -0.114. The van der Waals surface area contributed by atoms with Crippen LogP contribution in [0.4, 0.5) is 5.13 Å². The second kappa shape index (κ2) is 8.08. The maximum absolute atomic E-state index is 11.2. The van der Waals surface area contributed by atoms with Gasteiger partial charge in [0, 0.05) is 24.4 Å². The Kier molecular flexibility index (Phi) is 5.36. The average molecular weight is 407 g/mol. The summed E-state index contributed by atoms with van der Waals surface area (Å²) in [5, 5.41) is 4.10. The van der Waals surface area contributed by atoms with Crippen LogP contribution in [0.5, 0.6) is 0 Å². The van der Waals surface area contributed by atoms with Gasteiger partial charge in [0.25, 0.3) is 0 Å². The summed E-state index contributed by atoms with van der Waals surface area (Å²) in [5.41, 5.74) is 5.31. The van der Waals surface area contributed by atoms with E-state index < -0.39 is 0 Å². The molecule has 0 aliphatic heterocycles. The maximum Gasteiger partial charge on any atom is 0.223 e. The van der Waals surface area contributed by atoms with Crippen molar-refractivity contribution in [3.05, 3.63) is 65.9 Å². The zero-order valence-electron chi connectivity index (χ0n) is 15.5. The molecule has 1 N–H and O–H groups in total. The normalized spacial score (nSPS) is 10.9. The fourth-order valence-electron chi connectivity index (χ4n) is 2.77. The summed E-state index contributed by atoms with van der Waals surface area (Å²) in [4.78, 5) is 24.8. The summed E-state index contributed by atoms with van der Waals surface area (Å²) < 4.78 is 1.01. The first-order chi connectivity index (χ1) is 13.6. The number of nitrogens with zero attached hydrogens (tertiary/aromatic N) is 3. The highest BCUT2D eigenvalue weighted by molar-refractivity contribution is 7.98. The Balaban J connectivity index is 1.56. The van der Waals surface area contributed by atoms with Crippen molar-refractivity contribution in [3.8, 4) is 11.3 Å². The van der Waals surface area contributed by atoms with E-state index in [1.165, 1.54) is 29.4 Å². The molecule has 0 saturated heterocycles. The Morgan fingerprint density at radius 1 is 1.14 bits per heavy atom. The van der Waals surface area contributed by atoms with Crippen LogP contribution < -0.4 is 5.32 Å². The monoisotopic (exact) mass is 406 g/mol. The zero-order valence-corrected chi connectivity index (χ0v) is 17.1. The highest BCUT2D eigenvalue weighted by atomic mass is 32.2. The van der Waals surface area contributed by atoms with Crippen LogP contribution in [0, 0.1) is 6.92 Å². The van der Waals surface area contributed by atoms with Gasteiger partial charge in [0.1, 0.15) is 0 Å². The van der Waals surface area contributed by atoms with Gasteiger partial charge in [-0.05, 0) is 36.2 Å². The van der Waals surface area contributed by atoms with Crippen molar-refractivity contribution in [3.63, 3.8) is 0 Å². The topological polar surface area (TPSA) is 67.8 Å². The van der Waals surface area contributed by atoms with Gasteiger partial charge in [0.2, 0.25) is 5.91 Å². The Morgan fingerprint density at radius 3 is 2.82 bits per heavy atom. The minimum Gasteiger partial charge on any atom is -0.302 e. The van der Waals surface area contributed by atoms with E-state index >= 15 is 0 Å². The largest absolute Gasteiger partial charge is 0.302 e. The van der Waals surface area contributed by atoms with E-state index in [4.69, 9.17) is 4.98 Å². The average Bonchev–Trinajstić information content (AvgIpc) is 3.08. The quantitative estimate of drug-likeness (QED) is 0.359. The number of hydrogen-bond acceptors (Lipinski definition) is 6. The lowest BCUT2D eigenvalue weighted by Gasteiger charge is -2.06. The third kappa shape index (κ3) is 4.21. The number of rotatable bonds is 5. The molecule has 0 spiro atoms. The van der Waals surface area contributed by atoms with Gasteiger partial charge in [-0.15, -0.1) is 0 Å². The van der Waals surface area contributed by atoms with E-state index in [0.717, 1.165) is 32.4 Å². The summed E-state index contributed by atoms with van der Waals surface area (Å²) in [7, 11) is 0.